The summed E-state index contributed by atoms with van der Waals surface area (Å²) >= 11 is 0. The number of hydrogen-bond acceptors (Lipinski definition) is 5. The smallest absolute Gasteiger partial charge is 0.321 e. The Balaban J connectivity index is 1.63. The summed E-state index contributed by atoms with van der Waals surface area (Å²) in [5.41, 5.74) is 5.22. The van der Waals surface area contributed by atoms with Crippen LogP contribution in [0.4, 0.5) is 14.9 Å². The van der Waals surface area contributed by atoms with Crippen LogP contribution in [0.3, 0.4) is 0 Å². The third-order valence-electron chi connectivity index (χ3n) is 4.78. The number of rotatable bonds is 4. The third kappa shape index (κ3) is 3.90. The Morgan fingerprint density at radius 2 is 2.04 bits per heavy atom. The van der Waals surface area contributed by atoms with Crippen molar-refractivity contribution in [2.75, 3.05) is 18.4 Å². The molecule has 0 unspecified atom stereocenters. The van der Waals surface area contributed by atoms with Crippen LogP contribution in [0.25, 0.3) is 0 Å². The van der Waals surface area contributed by atoms with Gasteiger partial charge in [-0.3, -0.25) is 4.79 Å². The van der Waals surface area contributed by atoms with Crippen molar-refractivity contribution in [3.8, 4) is 0 Å². The summed E-state index contributed by atoms with van der Waals surface area (Å²) in [7, 11) is 1.80. The first-order chi connectivity index (χ1) is 12.9. The van der Waals surface area contributed by atoms with Crippen molar-refractivity contribution in [1.29, 1.82) is 0 Å². The lowest BCUT2D eigenvalue weighted by Crippen LogP contribution is -2.41. The summed E-state index contributed by atoms with van der Waals surface area (Å²) in [4.78, 5) is 25.2. The fourth-order valence-corrected chi connectivity index (χ4v) is 3.18. The monoisotopic (exact) mass is 376 g/mol. The fraction of sp³-hybridized carbons (Fsp3) is 0.412. The van der Waals surface area contributed by atoms with Crippen LogP contribution in [0.5, 0.6) is 0 Å². The predicted molar refractivity (Wildman–Crippen MR) is 94.4 cm³/mol. The van der Waals surface area contributed by atoms with E-state index in [-0.39, 0.29) is 23.8 Å². The summed E-state index contributed by atoms with van der Waals surface area (Å²) in [6.45, 7) is 0.755. The van der Waals surface area contributed by atoms with Crippen LogP contribution >= 0.6 is 0 Å². The SMILES string of the molecule is Cn1c(CO)nnc1C1CCN(C(=O)Nc2cc(C(N)=O)ccc2F)CC1. The van der Waals surface area contributed by atoms with Gasteiger partial charge in [0.2, 0.25) is 5.91 Å². The maximum Gasteiger partial charge on any atom is 0.321 e. The van der Waals surface area contributed by atoms with E-state index in [2.05, 4.69) is 15.5 Å². The van der Waals surface area contributed by atoms with Crippen LogP contribution in [-0.2, 0) is 13.7 Å². The molecule has 3 amide bonds. The first kappa shape index (κ1) is 18.8. The molecule has 27 heavy (non-hydrogen) atoms. The highest BCUT2D eigenvalue weighted by atomic mass is 19.1. The molecule has 0 spiro atoms. The number of primary amides is 1. The van der Waals surface area contributed by atoms with Crippen molar-refractivity contribution in [2.45, 2.75) is 25.4 Å². The molecule has 1 aromatic carbocycles. The van der Waals surface area contributed by atoms with Gasteiger partial charge in [-0.25, -0.2) is 9.18 Å². The molecule has 3 rings (SSSR count). The second kappa shape index (κ2) is 7.70. The van der Waals surface area contributed by atoms with Crippen LogP contribution in [0.1, 0.15) is 40.8 Å². The van der Waals surface area contributed by atoms with Gasteiger partial charge in [0.05, 0.1) is 5.69 Å². The predicted octanol–water partition coefficient (Wildman–Crippen LogP) is 0.957. The minimum atomic E-state index is -0.697. The number of amides is 3. The summed E-state index contributed by atoms with van der Waals surface area (Å²) in [5, 5.41) is 19.8. The van der Waals surface area contributed by atoms with Gasteiger partial charge < -0.3 is 25.6 Å². The maximum atomic E-state index is 13.9. The van der Waals surface area contributed by atoms with Crippen molar-refractivity contribution < 1.29 is 19.1 Å². The molecule has 1 aliphatic rings. The summed E-state index contributed by atoms with van der Waals surface area (Å²) in [6.07, 6.45) is 1.35. The highest BCUT2D eigenvalue weighted by Gasteiger charge is 2.27. The Labute approximate surface area is 155 Å². The van der Waals surface area contributed by atoms with Crippen LogP contribution in [0.2, 0.25) is 0 Å². The van der Waals surface area contributed by atoms with Gasteiger partial charge in [0.25, 0.3) is 0 Å². The number of aromatic nitrogens is 3. The Morgan fingerprint density at radius 1 is 1.33 bits per heavy atom. The molecule has 9 nitrogen and oxygen atoms in total. The fourth-order valence-electron chi connectivity index (χ4n) is 3.18. The lowest BCUT2D eigenvalue weighted by atomic mass is 9.96. The molecule has 0 bridgehead atoms. The molecule has 144 valence electrons. The Morgan fingerprint density at radius 3 is 2.63 bits per heavy atom. The topological polar surface area (TPSA) is 126 Å². The number of likely N-dealkylation sites (tertiary alicyclic amines) is 1. The van der Waals surface area contributed by atoms with E-state index < -0.39 is 17.8 Å². The van der Waals surface area contributed by atoms with Gasteiger partial charge in [-0.05, 0) is 31.0 Å². The summed E-state index contributed by atoms with van der Waals surface area (Å²) in [5.74, 6) is 0.0622. The summed E-state index contributed by atoms with van der Waals surface area (Å²) < 4.78 is 15.7. The zero-order chi connectivity index (χ0) is 19.6. The minimum absolute atomic E-state index is 0.0840. The second-order valence-corrected chi connectivity index (χ2v) is 6.44. The molecule has 0 radical (unpaired) electrons. The average molecular weight is 376 g/mol. The largest absolute Gasteiger partial charge is 0.388 e. The first-order valence-corrected chi connectivity index (χ1v) is 8.55. The number of aliphatic hydroxyl groups is 1. The quantitative estimate of drug-likeness (QED) is 0.732. The lowest BCUT2D eigenvalue weighted by Gasteiger charge is -2.31. The van der Waals surface area contributed by atoms with Crippen LogP contribution in [-0.4, -0.2) is 49.8 Å². The van der Waals surface area contributed by atoms with Gasteiger partial charge in [0, 0.05) is 31.6 Å². The van der Waals surface area contributed by atoms with Crippen molar-refractivity contribution >= 4 is 17.6 Å². The molecule has 0 atom stereocenters. The lowest BCUT2D eigenvalue weighted by molar-refractivity contribution is 0.1000. The van der Waals surface area contributed by atoms with E-state index in [1.165, 1.54) is 12.1 Å². The number of carbonyl (C=O) groups excluding carboxylic acids is 2. The minimum Gasteiger partial charge on any atom is -0.388 e. The molecule has 1 fully saturated rings. The number of halogens is 1. The highest BCUT2D eigenvalue weighted by molar-refractivity contribution is 5.96. The van der Waals surface area contributed by atoms with E-state index in [1.54, 1.807) is 16.5 Å². The van der Waals surface area contributed by atoms with Gasteiger partial charge in [0.15, 0.2) is 5.82 Å². The van der Waals surface area contributed by atoms with E-state index in [9.17, 15) is 19.1 Å². The molecule has 1 saturated heterocycles. The zero-order valence-electron chi connectivity index (χ0n) is 14.9. The number of nitrogens with one attached hydrogen (secondary N) is 1. The molecule has 2 aromatic rings. The van der Waals surface area contributed by atoms with Gasteiger partial charge in [-0.15, -0.1) is 10.2 Å². The number of nitrogens with zero attached hydrogens (tertiary/aromatic N) is 4. The maximum absolute atomic E-state index is 13.9. The van der Waals surface area contributed by atoms with E-state index in [4.69, 9.17) is 5.73 Å². The first-order valence-electron chi connectivity index (χ1n) is 8.55. The molecule has 1 aromatic heterocycles. The standard InChI is InChI=1S/C17H21FN6O3/c1-23-14(9-25)21-22-16(23)10-4-6-24(7-5-10)17(27)20-13-8-11(15(19)26)2-3-12(13)18/h2-3,8,10,25H,4-7,9H2,1H3,(H2,19,26)(H,20,27). The second-order valence-electron chi connectivity index (χ2n) is 6.44. The molecule has 0 saturated carbocycles. The number of hydrogen-bond donors (Lipinski definition) is 3. The van der Waals surface area contributed by atoms with Gasteiger partial charge in [-0.1, -0.05) is 0 Å². The number of aliphatic hydroxyl groups excluding tert-OH is 1. The van der Waals surface area contributed by atoms with Crippen molar-refractivity contribution in [3.05, 3.63) is 41.2 Å². The average Bonchev–Trinajstić information content (AvgIpc) is 3.04. The van der Waals surface area contributed by atoms with E-state index in [1.807, 2.05) is 0 Å². The Bertz CT molecular complexity index is 860. The van der Waals surface area contributed by atoms with Gasteiger partial charge in [-0.2, -0.15) is 0 Å². The third-order valence-corrected chi connectivity index (χ3v) is 4.78. The molecular weight excluding hydrogens is 355 g/mol. The van der Waals surface area contributed by atoms with Crippen molar-refractivity contribution in [3.63, 3.8) is 0 Å². The van der Waals surface area contributed by atoms with Crippen molar-refractivity contribution in [2.24, 2.45) is 12.8 Å². The van der Waals surface area contributed by atoms with E-state index in [0.29, 0.717) is 31.8 Å². The van der Waals surface area contributed by atoms with Gasteiger partial charge >= 0.3 is 6.03 Å². The molecule has 2 heterocycles. The number of anilines is 1. The van der Waals surface area contributed by atoms with E-state index >= 15 is 0 Å². The number of nitrogens with two attached hydrogens (primary N) is 1. The van der Waals surface area contributed by atoms with Crippen molar-refractivity contribution in [1.82, 2.24) is 19.7 Å². The number of benzene rings is 1. The molecule has 1 aliphatic heterocycles. The van der Waals surface area contributed by atoms with Crippen LogP contribution in [0.15, 0.2) is 18.2 Å². The zero-order valence-corrected chi connectivity index (χ0v) is 14.9. The molecule has 10 heteroatoms. The number of urea groups is 1. The summed E-state index contributed by atoms with van der Waals surface area (Å²) in [6, 6.07) is 3.14. The number of piperidine rings is 1. The molecule has 4 N–H and O–H groups in total. The number of carbonyl (C=O) groups is 2. The highest BCUT2D eigenvalue weighted by Crippen LogP contribution is 2.27. The Kier molecular flexibility index (Phi) is 5.36. The van der Waals surface area contributed by atoms with Gasteiger partial charge in [0.1, 0.15) is 18.2 Å². The van der Waals surface area contributed by atoms with Crippen LogP contribution < -0.4 is 11.1 Å². The normalized spacial score (nSPS) is 15.0. The molecule has 0 aliphatic carbocycles. The van der Waals surface area contributed by atoms with E-state index in [0.717, 1.165) is 11.9 Å². The Hall–Kier alpha value is -3.01. The van der Waals surface area contributed by atoms with Crippen LogP contribution in [0, 0.1) is 5.82 Å². The molecular formula is C17H21FN6O3.